The van der Waals surface area contributed by atoms with Gasteiger partial charge in [0.1, 0.15) is 0 Å². The van der Waals surface area contributed by atoms with Gasteiger partial charge in [-0.25, -0.2) is 0 Å². The van der Waals surface area contributed by atoms with Gasteiger partial charge in [0.15, 0.2) is 0 Å². The van der Waals surface area contributed by atoms with Crippen LogP contribution in [0.25, 0.3) is 12.2 Å². The predicted molar refractivity (Wildman–Crippen MR) is 68.3 cm³/mol. The minimum Gasteiger partial charge on any atom is -0.282 e. The standard InChI is InChI=1S/C13H9NO2S/c15-12-11(17-13(16)14-12)7-8-4-5-9-2-1-3-10(9)6-8/h1-2,4-7H,3H2,(H,14,15,16)/b11-7-. The van der Waals surface area contributed by atoms with E-state index in [1.807, 2.05) is 12.1 Å². The Kier molecular flexibility index (Phi) is 2.37. The maximum absolute atomic E-state index is 11.4. The number of thioether (sulfide) groups is 1. The van der Waals surface area contributed by atoms with Crippen LogP contribution >= 0.6 is 11.8 Å². The van der Waals surface area contributed by atoms with Crippen molar-refractivity contribution in [3.63, 3.8) is 0 Å². The molecule has 1 aliphatic carbocycles. The van der Waals surface area contributed by atoms with E-state index in [1.54, 1.807) is 6.08 Å². The van der Waals surface area contributed by atoms with E-state index >= 15 is 0 Å². The van der Waals surface area contributed by atoms with Crippen LogP contribution in [0.4, 0.5) is 4.79 Å². The number of amides is 2. The number of carbonyl (C=O) groups excluding carboxylic acids is 2. The monoisotopic (exact) mass is 243 g/mol. The van der Waals surface area contributed by atoms with Crippen LogP contribution in [0, 0.1) is 0 Å². The molecule has 1 aromatic carbocycles. The Labute approximate surface area is 103 Å². The molecule has 1 saturated heterocycles. The number of rotatable bonds is 1. The van der Waals surface area contributed by atoms with Gasteiger partial charge in [0.25, 0.3) is 11.1 Å². The molecule has 2 amide bonds. The van der Waals surface area contributed by atoms with E-state index in [0.717, 1.165) is 23.7 Å². The molecule has 84 valence electrons. The van der Waals surface area contributed by atoms with Gasteiger partial charge in [-0.15, -0.1) is 0 Å². The van der Waals surface area contributed by atoms with E-state index in [4.69, 9.17) is 0 Å². The van der Waals surface area contributed by atoms with Crippen molar-refractivity contribution in [3.05, 3.63) is 45.9 Å². The molecule has 0 atom stereocenters. The molecule has 0 bridgehead atoms. The second kappa shape index (κ2) is 3.89. The fourth-order valence-corrected chi connectivity index (χ4v) is 2.62. The van der Waals surface area contributed by atoms with Gasteiger partial charge in [-0.05, 0) is 40.9 Å². The molecule has 0 unspecified atom stereocenters. The highest BCUT2D eigenvalue weighted by molar-refractivity contribution is 8.18. The summed E-state index contributed by atoms with van der Waals surface area (Å²) in [6, 6.07) is 6.04. The summed E-state index contributed by atoms with van der Waals surface area (Å²) < 4.78 is 0. The maximum atomic E-state index is 11.4. The molecule has 1 fully saturated rings. The first-order valence-corrected chi connectivity index (χ1v) is 6.08. The molecule has 0 spiro atoms. The van der Waals surface area contributed by atoms with Crippen LogP contribution in [0.2, 0.25) is 0 Å². The molecule has 3 rings (SSSR count). The molecular formula is C13H9NO2S. The maximum Gasteiger partial charge on any atom is 0.290 e. The van der Waals surface area contributed by atoms with Gasteiger partial charge in [0, 0.05) is 0 Å². The normalized spacial score (nSPS) is 19.9. The first-order valence-electron chi connectivity index (χ1n) is 5.27. The van der Waals surface area contributed by atoms with Crippen molar-refractivity contribution in [2.24, 2.45) is 0 Å². The first kappa shape index (κ1) is 10.4. The third-order valence-corrected chi connectivity index (χ3v) is 3.55. The summed E-state index contributed by atoms with van der Waals surface area (Å²) in [5, 5.41) is 1.94. The van der Waals surface area contributed by atoms with E-state index in [0.29, 0.717) is 4.91 Å². The van der Waals surface area contributed by atoms with Gasteiger partial charge in [-0.1, -0.05) is 30.4 Å². The predicted octanol–water partition coefficient (Wildman–Crippen LogP) is 2.58. The van der Waals surface area contributed by atoms with Gasteiger partial charge in [0.2, 0.25) is 0 Å². The topological polar surface area (TPSA) is 46.2 Å². The lowest BCUT2D eigenvalue weighted by atomic mass is 10.1. The number of hydrogen-bond acceptors (Lipinski definition) is 3. The van der Waals surface area contributed by atoms with E-state index in [-0.39, 0.29) is 11.1 Å². The van der Waals surface area contributed by atoms with Crippen LogP contribution in [-0.2, 0) is 11.2 Å². The zero-order valence-corrected chi connectivity index (χ0v) is 9.71. The SMILES string of the molecule is O=C1NC(=O)/C(=C/c2ccc3c(c2)CC=C3)S1. The highest BCUT2D eigenvalue weighted by Crippen LogP contribution is 2.27. The average molecular weight is 243 g/mol. The average Bonchev–Trinajstić information content (AvgIpc) is 2.85. The molecule has 1 aliphatic heterocycles. The second-order valence-electron chi connectivity index (χ2n) is 3.92. The van der Waals surface area contributed by atoms with E-state index in [9.17, 15) is 9.59 Å². The van der Waals surface area contributed by atoms with Crippen molar-refractivity contribution in [2.75, 3.05) is 0 Å². The molecule has 1 heterocycles. The number of hydrogen-bond donors (Lipinski definition) is 1. The highest BCUT2D eigenvalue weighted by Gasteiger charge is 2.24. The highest BCUT2D eigenvalue weighted by atomic mass is 32.2. The van der Waals surface area contributed by atoms with E-state index in [2.05, 4.69) is 23.5 Å². The molecule has 0 saturated carbocycles. The summed E-state index contributed by atoms with van der Waals surface area (Å²) in [5.41, 5.74) is 3.45. The van der Waals surface area contributed by atoms with E-state index in [1.165, 1.54) is 11.1 Å². The van der Waals surface area contributed by atoms with Gasteiger partial charge in [-0.3, -0.25) is 14.9 Å². The van der Waals surface area contributed by atoms with Crippen molar-refractivity contribution in [3.8, 4) is 0 Å². The quantitative estimate of drug-likeness (QED) is 0.771. The molecule has 2 aliphatic rings. The van der Waals surface area contributed by atoms with Crippen LogP contribution < -0.4 is 5.32 Å². The first-order chi connectivity index (χ1) is 8.22. The summed E-state index contributed by atoms with van der Waals surface area (Å²) >= 11 is 0.948. The lowest BCUT2D eigenvalue weighted by Crippen LogP contribution is -2.17. The van der Waals surface area contributed by atoms with Gasteiger partial charge >= 0.3 is 0 Å². The Hall–Kier alpha value is -1.81. The molecule has 1 N–H and O–H groups in total. The fraction of sp³-hybridized carbons (Fsp3) is 0.0769. The third kappa shape index (κ3) is 1.91. The van der Waals surface area contributed by atoms with Crippen LogP contribution in [0.5, 0.6) is 0 Å². The largest absolute Gasteiger partial charge is 0.290 e. The Morgan fingerprint density at radius 1 is 1.29 bits per heavy atom. The summed E-state index contributed by atoms with van der Waals surface area (Å²) in [6.07, 6.45) is 6.89. The van der Waals surface area contributed by atoms with Crippen LogP contribution in [-0.4, -0.2) is 11.1 Å². The molecule has 0 radical (unpaired) electrons. The lowest BCUT2D eigenvalue weighted by molar-refractivity contribution is -0.115. The summed E-state index contributed by atoms with van der Waals surface area (Å²) in [7, 11) is 0. The minimum absolute atomic E-state index is 0.302. The third-order valence-electron chi connectivity index (χ3n) is 2.74. The number of benzene rings is 1. The molecule has 3 nitrogen and oxygen atoms in total. The number of carbonyl (C=O) groups is 2. The zero-order chi connectivity index (χ0) is 11.8. The van der Waals surface area contributed by atoms with Gasteiger partial charge < -0.3 is 0 Å². The number of imide groups is 1. The van der Waals surface area contributed by atoms with Crippen molar-refractivity contribution in [1.29, 1.82) is 0 Å². The molecule has 1 aromatic rings. The summed E-state index contributed by atoms with van der Waals surface area (Å²) in [5.74, 6) is -0.307. The minimum atomic E-state index is -0.307. The fourth-order valence-electron chi connectivity index (χ4n) is 1.94. The molecule has 4 heteroatoms. The number of nitrogens with one attached hydrogen (secondary N) is 1. The van der Waals surface area contributed by atoms with Crippen molar-refractivity contribution >= 4 is 35.1 Å². The van der Waals surface area contributed by atoms with Crippen molar-refractivity contribution in [1.82, 2.24) is 5.32 Å². The Bertz CT molecular complexity index is 587. The zero-order valence-electron chi connectivity index (χ0n) is 8.90. The van der Waals surface area contributed by atoms with Gasteiger partial charge in [0.05, 0.1) is 4.91 Å². The van der Waals surface area contributed by atoms with Crippen LogP contribution in [0.3, 0.4) is 0 Å². The molecule has 0 aromatic heterocycles. The summed E-state index contributed by atoms with van der Waals surface area (Å²) in [6.45, 7) is 0. The lowest BCUT2D eigenvalue weighted by Gasteiger charge is -2.00. The molecule has 17 heavy (non-hydrogen) atoms. The Balaban J connectivity index is 1.94. The number of allylic oxidation sites excluding steroid dienone is 1. The smallest absolute Gasteiger partial charge is 0.282 e. The van der Waals surface area contributed by atoms with E-state index < -0.39 is 0 Å². The van der Waals surface area contributed by atoms with Crippen LogP contribution in [0.1, 0.15) is 16.7 Å². The van der Waals surface area contributed by atoms with Crippen LogP contribution in [0.15, 0.2) is 29.2 Å². The second-order valence-corrected chi connectivity index (χ2v) is 4.93. The van der Waals surface area contributed by atoms with Crippen molar-refractivity contribution in [2.45, 2.75) is 6.42 Å². The molecular weight excluding hydrogens is 234 g/mol. The summed E-state index contributed by atoms with van der Waals surface area (Å²) in [4.78, 5) is 22.9. The Morgan fingerprint density at radius 2 is 2.18 bits per heavy atom. The van der Waals surface area contributed by atoms with Gasteiger partial charge in [-0.2, -0.15) is 0 Å². The van der Waals surface area contributed by atoms with Crippen molar-refractivity contribution < 1.29 is 9.59 Å². The number of fused-ring (bicyclic) bond motifs is 1. The Morgan fingerprint density at radius 3 is 2.94 bits per heavy atom.